The van der Waals surface area contributed by atoms with E-state index in [1.807, 2.05) is 6.92 Å². The highest BCUT2D eigenvalue weighted by Gasteiger charge is 2.10. The van der Waals surface area contributed by atoms with E-state index in [0.29, 0.717) is 0 Å². The Hall–Kier alpha value is -0.500. The summed E-state index contributed by atoms with van der Waals surface area (Å²) < 4.78 is 5.71. The van der Waals surface area contributed by atoms with Gasteiger partial charge in [0.2, 0.25) is 0 Å². The number of nitrogens with zero attached hydrogens (tertiary/aromatic N) is 1. The lowest BCUT2D eigenvalue weighted by Gasteiger charge is -2.22. The Morgan fingerprint density at radius 2 is 1.71 bits per heavy atom. The highest BCUT2D eigenvalue weighted by molar-refractivity contribution is 4.92. The Balaban J connectivity index is 3.99. The second kappa shape index (κ2) is 6.07. The molecule has 0 aliphatic carbocycles. The van der Waals surface area contributed by atoms with Crippen LogP contribution in [-0.2, 0) is 4.74 Å². The predicted molar refractivity (Wildman–Crippen MR) is 62.4 cm³/mol. The monoisotopic (exact) mass is 199 g/mol. The highest BCUT2D eigenvalue weighted by Crippen LogP contribution is 2.12. The Morgan fingerprint density at radius 1 is 1.21 bits per heavy atom. The van der Waals surface area contributed by atoms with Crippen molar-refractivity contribution in [2.75, 3.05) is 19.6 Å². The third kappa shape index (κ3) is 6.96. The molecular weight excluding hydrogens is 174 g/mol. The van der Waals surface area contributed by atoms with Crippen molar-refractivity contribution in [2.45, 2.75) is 47.1 Å². The molecule has 2 heteroatoms. The Labute approximate surface area is 88.9 Å². The fourth-order valence-corrected chi connectivity index (χ4v) is 1.26. The van der Waals surface area contributed by atoms with Crippen LogP contribution in [0.1, 0.15) is 41.5 Å². The summed E-state index contributed by atoms with van der Waals surface area (Å²) in [7, 11) is 0. The number of allylic oxidation sites excluding steroid dienone is 1. The zero-order valence-electron chi connectivity index (χ0n) is 10.6. The molecule has 0 amide bonds. The minimum absolute atomic E-state index is 0.0795. The molecular formula is C12H25NO. The van der Waals surface area contributed by atoms with E-state index in [0.717, 1.165) is 25.4 Å². The average Bonchev–Trinajstić information content (AvgIpc) is 2.03. The minimum atomic E-state index is -0.0795. The molecule has 0 fully saturated rings. The summed E-state index contributed by atoms with van der Waals surface area (Å²) >= 11 is 0. The van der Waals surface area contributed by atoms with Crippen LogP contribution in [0.5, 0.6) is 0 Å². The molecule has 0 aromatic carbocycles. The molecule has 0 aliphatic rings. The maximum atomic E-state index is 5.71. The molecule has 0 heterocycles. The standard InChI is InChI=1S/C12H25NO/c1-7-13(8-2)10-9-11(3)14-12(4,5)6/h9H,7-8,10H2,1-6H3/b11-9+. The van der Waals surface area contributed by atoms with Gasteiger partial charge in [-0.25, -0.2) is 0 Å². The lowest BCUT2D eigenvalue weighted by molar-refractivity contribution is 0.0524. The summed E-state index contributed by atoms with van der Waals surface area (Å²) in [4.78, 5) is 2.36. The summed E-state index contributed by atoms with van der Waals surface area (Å²) in [5.74, 6) is 1.02. The summed E-state index contributed by atoms with van der Waals surface area (Å²) in [6.45, 7) is 15.8. The molecule has 0 saturated heterocycles. The molecule has 0 aromatic rings. The summed E-state index contributed by atoms with van der Waals surface area (Å²) in [5, 5.41) is 0. The van der Waals surface area contributed by atoms with E-state index < -0.39 is 0 Å². The first-order valence-corrected chi connectivity index (χ1v) is 5.47. The van der Waals surface area contributed by atoms with Crippen LogP contribution in [0.4, 0.5) is 0 Å². The van der Waals surface area contributed by atoms with Gasteiger partial charge in [0, 0.05) is 6.54 Å². The Morgan fingerprint density at radius 3 is 2.07 bits per heavy atom. The summed E-state index contributed by atoms with van der Waals surface area (Å²) in [6, 6.07) is 0. The Bertz CT molecular complexity index is 175. The predicted octanol–water partition coefficient (Wildman–Crippen LogP) is 3.05. The SMILES string of the molecule is CCN(CC)C/C=C(\C)OC(C)(C)C. The largest absolute Gasteiger partial charge is 0.493 e. The molecule has 14 heavy (non-hydrogen) atoms. The van der Waals surface area contributed by atoms with E-state index in [-0.39, 0.29) is 5.60 Å². The summed E-state index contributed by atoms with van der Waals surface area (Å²) in [6.07, 6.45) is 2.15. The van der Waals surface area contributed by atoms with Gasteiger partial charge in [-0.15, -0.1) is 0 Å². The molecule has 2 nitrogen and oxygen atoms in total. The first-order chi connectivity index (χ1) is 6.39. The van der Waals surface area contributed by atoms with Crippen molar-refractivity contribution in [2.24, 2.45) is 0 Å². The van der Waals surface area contributed by atoms with Crippen molar-refractivity contribution in [3.8, 4) is 0 Å². The highest BCUT2D eigenvalue weighted by atomic mass is 16.5. The first kappa shape index (κ1) is 13.5. The number of rotatable bonds is 5. The molecule has 0 bridgehead atoms. The van der Waals surface area contributed by atoms with Gasteiger partial charge in [-0.3, -0.25) is 0 Å². The molecule has 0 aliphatic heterocycles. The van der Waals surface area contributed by atoms with Gasteiger partial charge in [0.15, 0.2) is 0 Å². The van der Waals surface area contributed by atoms with Crippen LogP contribution in [0.25, 0.3) is 0 Å². The van der Waals surface area contributed by atoms with Gasteiger partial charge in [0.1, 0.15) is 5.60 Å². The maximum Gasteiger partial charge on any atom is 0.100 e. The smallest absolute Gasteiger partial charge is 0.100 e. The average molecular weight is 199 g/mol. The van der Waals surface area contributed by atoms with Crippen LogP contribution >= 0.6 is 0 Å². The maximum absolute atomic E-state index is 5.71. The molecule has 0 atom stereocenters. The van der Waals surface area contributed by atoms with Gasteiger partial charge < -0.3 is 9.64 Å². The molecule has 0 saturated carbocycles. The van der Waals surface area contributed by atoms with Gasteiger partial charge in [0.25, 0.3) is 0 Å². The third-order valence-corrected chi connectivity index (χ3v) is 2.00. The second-order valence-electron chi connectivity index (χ2n) is 4.52. The van der Waals surface area contributed by atoms with Gasteiger partial charge in [0.05, 0.1) is 5.76 Å². The normalized spacial score (nSPS) is 13.5. The first-order valence-electron chi connectivity index (χ1n) is 5.47. The lowest BCUT2D eigenvalue weighted by atomic mass is 10.2. The van der Waals surface area contributed by atoms with Crippen LogP contribution in [0.15, 0.2) is 11.8 Å². The minimum Gasteiger partial charge on any atom is -0.493 e. The van der Waals surface area contributed by atoms with E-state index in [1.165, 1.54) is 0 Å². The molecule has 84 valence electrons. The third-order valence-electron chi connectivity index (χ3n) is 2.00. The summed E-state index contributed by atoms with van der Waals surface area (Å²) in [5.41, 5.74) is -0.0795. The topological polar surface area (TPSA) is 12.5 Å². The van der Waals surface area contributed by atoms with Gasteiger partial charge in [-0.05, 0) is 46.9 Å². The van der Waals surface area contributed by atoms with E-state index in [9.17, 15) is 0 Å². The Kier molecular flexibility index (Phi) is 5.86. The van der Waals surface area contributed by atoms with Crippen LogP contribution in [0.2, 0.25) is 0 Å². The van der Waals surface area contributed by atoms with Crippen LogP contribution in [0, 0.1) is 0 Å². The van der Waals surface area contributed by atoms with Crippen LogP contribution in [0.3, 0.4) is 0 Å². The van der Waals surface area contributed by atoms with Crippen molar-refractivity contribution in [3.63, 3.8) is 0 Å². The molecule has 0 radical (unpaired) electrons. The van der Waals surface area contributed by atoms with Crippen molar-refractivity contribution in [1.82, 2.24) is 4.90 Å². The van der Waals surface area contributed by atoms with E-state index in [1.54, 1.807) is 0 Å². The van der Waals surface area contributed by atoms with Gasteiger partial charge in [-0.1, -0.05) is 13.8 Å². The fourth-order valence-electron chi connectivity index (χ4n) is 1.26. The zero-order chi connectivity index (χ0) is 11.2. The number of ether oxygens (including phenoxy) is 1. The fraction of sp³-hybridized carbons (Fsp3) is 0.833. The molecule has 0 unspecified atom stereocenters. The van der Waals surface area contributed by atoms with E-state index in [4.69, 9.17) is 4.74 Å². The van der Waals surface area contributed by atoms with Gasteiger partial charge in [-0.2, -0.15) is 0 Å². The number of hydrogen-bond donors (Lipinski definition) is 0. The van der Waals surface area contributed by atoms with Crippen molar-refractivity contribution < 1.29 is 4.74 Å². The zero-order valence-corrected chi connectivity index (χ0v) is 10.6. The quantitative estimate of drug-likeness (QED) is 0.631. The van der Waals surface area contributed by atoms with Crippen LogP contribution < -0.4 is 0 Å². The molecule has 0 spiro atoms. The molecule has 0 rings (SSSR count). The number of hydrogen-bond acceptors (Lipinski definition) is 2. The van der Waals surface area contributed by atoms with Crippen molar-refractivity contribution >= 4 is 0 Å². The van der Waals surface area contributed by atoms with Crippen molar-refractivity contribution in [1.29, 1.82) is 0 Å². The lowest BCUT2D eigenvalue weighted by Crippen LogP contribution is -2.24. The van der Waals surface area contributed by atoms with Crippen molar-refractivity contribution in [3.05, 3.63) is 11.8 Å². The van der Waals surface area contributed by atoms with Crippen LogP contribution in [-0.4, -0.2) is 30.1 Å². The molecule has 0 N–H and O–H groups in total. The second-order valence-corrected chi connectivity index (χ2v) is 4.52. The molecule has 0 aromatic heterocycles. The van der Waals surface area contributed by atoms with E-state index >= 15 is 0 Å². The van der Waals surface area contributed by atoms with E-state index in [2.05, 4.69) is 45.6 Å². The van der Waals surface area contributed by atoms with Gasteiger partial charge >= 0.3 is 0 Å². The number of likely N-dealkylation sites (N-methyl/N-ethyl adjacent to an activating group) is 1.